The molecule has 4 rings (SSSR count). The number of nitrogens with zero attached hydrogens (tertiary/aromatic N) is 2. The molecule has 3 aromatic rings. The van der Waals surface area contributed by atoms with Crippen molar-refractivity contribution in [2.24, 2.45) is 5.10 Å². The maximum atomic E-state index is 12.3. The molecule has 0 aliphatic carbocycles. The molecule has 0 saturated carbocycles. The molecule has 38 heavy (non-hydrogen) atoms. The Morgan fingerprint density at radius 1 is 1.11 bits per heavy atom. The second-order valence-electron chi connectivity index (χ2n) is 10.4. The zero-order chi connectivity index (χ0) is 27.3. The summed E-state index contributed by atoms with van der Waals surface area (Å²) in [5.41, 5.74) is 3.58. The number of carbonyl (C=O) groups is 2. The lowest BCUT2D eigenvalue weighted by Crippen LogP contribution is -2.36. The van der Waals surface area contributed by atoms with Gasteiger partial charge in [-0.25, -0.2) is 4.79 Å². The number of ether oxygens (including phenoxy) is 2. The summed E-state index contributed by atoms with van der Waals surface area (Å²) in [6.07, 6.45) is 2.03. The van der Waals surface area contributed by atoms with Gasteiger partial charge in [-0.3, -0.25) is 10.0 Å². The number of carbonyl (C=O) groups excluding carboxylic acids is 1. The Bertz CT molecular complexity index is 1320. The van der Waals surface area contributed by atoms with Gasteiger partial charge in [-0.05, 0) is 72.9 Å². The van der Waals surface area contributed by atoms with Gasteiger partial charge in [0.15, 0.2) is 0 Å². The number of benzene rings is 3. The molecule has 200 valence electrons. The minimum absolute atomic E-state index is 0.149. The molecule has 0 spiro atoms. The van der Waals surface area contributed by atoms with Crippen molar-refractivity contribution in [1.82, 2.24) is 10.5 Å². The second-order valence-corrected chi connectivity index (χ2v) is 10.4. The van der Waals surface area contributed by atoms with E-state index < -0.39 is 17.5 Å². The summed E-state index contributed by atoms with van der Waals surface area (Å²) in [6, 6.07) is 18.8. The Morgan fingerprint density at radius 3 is 2.53 bits per heavy atom. The molecule has 3 aromatic carbocycles. The molecule has 1 amide bonds. The van der Waals surface area contributed by atoms with Crippen LogP contribution in [-0.2, 0) is 16.0 Å². The average Bonchev–Trinajstić information content (AvgIpc) is 3.34. The normalized spacial score (nSPS) is 16.5. The van der Waals surface area contributed by atoms with Gasteiger partial charge in [0.2, 0.25) is 0 Å². The molecule has 1 aliphatic heterocycles. The Labute approximate surface area is 221 Å². The lowest BCUT2D eigenvalue weighted by atomic mass is 9.91. The summed E-state index contributed by atoms with van der Waals surface area (Å²) in [7, 11) is 0. The molecule has 1 fully saturated rings. The number of likely N-dealkylation sites (tertiary alicyclic amines) is 1. The van der Waals surface area contributed by atoms with E-state index in [0.717, 1.165) is 21.9 Å². The lowest BCUT2D eigenvalue weighted by molar-refractivity contribution is -0.138. The maximum absolute atomic E-state index is 12.3. The van der Waals surface area contributed by atoms with Crippen LogP contribution in [0.1, 0.15) is 49.8 Å². The summed E-state index contributed by atoms with van der Waals surface area (Å²) in [4.78, 5) is 26.1. The monoisotopic (exact) mass is 519 g/mol. The van der Waals surface area contributed by atoms with E-state index in [-0.39, 0.29) is 12.2 Å². The number of rotatable bonds is 8. The van der Waals surface area contributed by atoms with Gasteiger partial charge < -0.3 is 19.5 Å². The third-order valence-electron chi connectivity index (χ3n) is 6.32. The minimum Gasteiger partial charge on any atom is -0.489 e. The van der Waals surface area contributed by atoms with Crippen molar-refractivity contribution in [2.45, 2.75) is 51.2 Å². The Kier molecular flexibility index (Phi) is 8.16. The summed E-state index contributed by atoms with van der Waals surface area (Å²) in [6.45, 7) is 6.53. The fourth-order valence-corrected chi connectivity index (χ4v) is 4.50. The number of fused-ring (bicyclic) bond motifs is 1. The molecular formula is C29H33N3O6. The summed E-state index contributed by atoms with van der Waals surface area (Å²) < 4.78 is 11.5. The van der Waals surface area contributed by atoms with Crippen LogP contribution in [0.4, 0.5) is 4.79 Å². The number of amides is 1. The maximum Gasteiger partial charge on any atom is 0.410 e. The van der Waals surface area contributed by atoms with E-state index in [0.29, 0.717) is 37.2 Å². The number of carboxylic acid groups (broad SMARTS) is 1. The molecule has 9 nitrogen and oxygen atoms in total. The quantitative estimate of drug-likeness (QED) is 0.284. The molecule has 0 radical (unpaired) electrons. The van der Waals surface area contributed by atoms with E-state index in [1.807, 2.05) is 57.2 Å². The zero-order valence-electron chi connectivity index (χ0n) is 21.8. The number of aliphatic carboxylic acids is 1. The van der Waals surface area contributed by atoms with Crippen molar-refractivity contribution < 1.29 is 29.4 Å². The summed E-state index contributed by atoms with van der Waals surface area (Å²) in [5, 5.41) is 24.2. The Hall–Kier alpha value is -4.11. The van der Waals surface area contributed by atoms with Crippen LogP contribution in [0.25, 0.3) is 10.8 Å². The van der Waals surface area contributed by atoms with Gasteiger partial charge in [-0.2, -0.15) is 10.7 Å². The first-order valence-electron chi connectivity index (χ1n) is 12.5. The number of nitrogens with one attached hydrogen (secondary N) is 1. The van der Waals surface area contributed by atoms with Gasteiger partial charge in [0.25, 0.3) is 0 Å². The first-order chi connectivity index (χ1) is 18.1. The number of hydrazone groups is 1. The first-order valence-corrected chi connectivity index (χ1v) is 12.5. The fourth-order valence-electron chi connectivity index (χ4n) is 4.50. The molecule has 1 aliphatic rings. The van der Waals surface area contributed by atoms with Gasteiger partial charge in [-0.15, -0.1) is 0 Å². The molecule has 0 aromatic heterocycles. The van der Waals surface area contributed by atoms with Crippen LogP contribution in [0, 0.1) is 0 Å². The van der Waals surface area contributed by atoms with Crippen molar-refractivity contribution in [3.8, 4) is 5.75 Å². The highest BCUT2D eigenvalue weighted by Crippen LogP contribution is 2.27. The summed E-state index contributed by atoms with van der Waals surface area (Å²) in [5.74, 6) is -0.998. The van der Waals surface area contributed by atoms with Gasteiger partial charge in [-0.1, -0.05) is 42.5 Å². The smallest absolute Gasteiger partial charge is 0.410 e. The fraction of sp³-hybridized carbons (Fsp3) is 0.345. The third kappa shape index (κ3) is 7.01. The van der Waals surface area contributed by atoms with Gasteiger partial charge in [0.1, 0.15) is 17.5 Å². The van der Waals surface area contributed by atoms with Crippen molar-refractivity contribution >= 4 is 29.0 Å². The Morgan fingerprint density at radius 2 is 1.84 bits per heavy atom. The molecule has 3 N–H and O–H groups in total. The number of hydrogen-bond donors (Lipinski definition) is 3. The Balaban J connectivity index is 1.41. The second kappa shape index (κ2) is 11.5. The van der Waals surface area contributed by atoms with Gasteiger partial charge >= 0.3 is 12.1 Å². The van der Waals surface area contributed by atoms with Crippen LogP contribution in [0.3, 0.4) is 0 Å². The number of hydrogen-bond acceptors (Lipinski definition) is 7. The highest BCUT2D eigenvalue weighted by atomic mass is 16.6. The van der Waals surface area contributed by atoms with Crippen LogP contribution in [0.2, 0.25) is 0 Å². The SMILES string of the molecule is CC(C)(C)OC(=O)N1CC[C@H](Oc2ccc([C@H](Cc3ccc4ccc(/C=N/NO)cc4c3)C(=O)O)cc2)C1. The predicted octanol–water partition coefficient (Wildman–Crippen LogP) is 4.95. The molecule has 1 heterocycles. The third-order valence-corrected chi connectivity index (χ3v) is 6.32. The minimum atomic E-state index is -0.905. The van der Waals surface area contributed by atoms with Crippen molar-refractivity contribution in [1.29, 1.82) is 0 Å². The van der Waals surface area contributed by atoms with Crippen molar-refractivity contribution in [3.05, 3.63) is 77.4 Å². The largest absolute Gasteiger partial charge is 0.489 e. The molecule has 0 bridgehead atoms. The molecule has 0 unspecified atom stereocenters. The van der Waals surface area contributed by atoms with E-state index in [2.05, 4.69) is 5.10 Å². The van der Waals surface area contributed by atoms with Gasteiger partial charge in [0.05, 0.1) is 18.7 Å². The van der Waals surface area contributed by atoms with Crippen LogP contribution in [0.15, 0.2) is 65.8 Å². The highest BCUT2D eigenvalue weighted by Gasteiger charge is 2.31. The van der Waals surface area contributed by atoms with E-state index in [1.165, 1.54) is 6.21 Å². The predicted molar refractivity (Wildman–Crippen MR) is 144 cm³/mol. The zero-order valence-corrected chi connectivity index (χ0v) is 21.8. The van der Waals surface area contributed by atoms with E-state index in [9.17, 15) is 14.7 Å². The van der Waals surface area contributed by atoms with Crippen LogP contribution in [-0.4, -0.2) is 58.3 Å². The van der Waals surface area contributed by atoms with Crippen LogP contribution < -0.4 is 10.3 Å². The molecule has 9 heteroatoms. The van der Waals surface area contributed by atoms with E-state index >= 15 is 0 Å². The average molecular weight is 520 g/mol. The first kappa shape index (κ1) is 26.9. The molecule has 1 saturated heterocycles. The summed E-state index contributed by atoms with van der Waals surface area (Å²) >= 11 is 0. The van der Waals surface area contributed by atoms with E-state index in [1.54, 1.807) is 34.8 Å². The molecular weight excluding hydrogens is 486 g/mol. The van der Waals surface area contributed by atoms with Gasteiger partial charge in [0, 0.05) is 13.0 Å². The topological polar surface area (TPSA) is 121 Å². The molecule has 2 atom stereocenters. The standard InChI is InChI=1S/C29H33N3O6/c1-29(2,3)38-28(35)32-13-12-25(18-32)37-24-10-8-22(9-11-24)26(27(33)34)16-19-4-6-21-7-5-20(17-30-31-36)15-23(21)14-19/h4-11,14-15,17,25-26,31,36H,12-13,16,18H2,1-3H3,(H,33,34)/b30-17+/t25-,26-/m0/s1. The van der Waals surface area contributed by atoms with Crippen molar-refractivity contribution in [2.75, 3.05) is 13.1 Å². The van der Waals surface area contributed by atoms with Crippen LogP contribution in [0.5, 0.6) is 5.75 Å². The van der Waals surface area contributed by atoms with Crippen LogP contribution >= 0.6 is 0 Å². The number of carboxylic acids is 1. The highest BCUT2D eigenvalue weighted by molar-refractivity contribution is 5.90. The van der Waals surface area contributed by atoms with E-state index in [4.69, 9.17) is 14.7 Å². The van der Waals surface area contributed by atoms with Crippen molar-refractivity contribution in [3.63, 3.8) is 0 Å². The lowest BCUT2D eigenvalue weighted by Gasteiger charge is -2.24.